The Morgan fingerprint density at radius 2 is 1.97 bits per heavy atom. The molecule has 158 valence electrons. The number of anilines is 1. The lowest BCUT2D eigenvalue weighted by Gasteiger charge is -2.35. The van der Waals surface area contributed by atoms with E-state index in [2.05, 4.69) is 20.5 Å². The molecule has 6 nitrogen and oxygen atoms in total. The van der Waals surface area contributed by atoms with Gasteiger partial charge in [0.1, 0.15) is 0 Å². The number of sulfone groups is 1. The highest BCUT2D eigenvalue weighted by molar-refractivity contribution is 7.90. The van der Waals surface area contributed by atoms with E-state index in [1.54, 1.807) is 12.1 Å². The van der Waals surface area contributed by atoms with Crippen LogP contribution in [0, 0.1) is 17.8 Å². The average Bonchev–Trinajstić information content (AvgIpc) is 3.48. The van der Waals surface area contributed by atoms with Crippen molar-refractivity contribution in [3.63, 3.8) is 0 Å². The molecule has 29 heavy (non-hydrogen) atoms. The maximum atomic E-state index is 11.5. The van der Waals surface area contributed by atoms with Crippen molar-refractivity contribution < 1.29 is 8.42 Å². The summed E-state index contributed by atoms with van der Waals surface area (Å²) in [6.07, 6.45) is 8.07. The van der Waals surface area contributed by atoms with Crippen LogP contribution in [0.25, 0.3) is 0 Å². The predicted octanol–water partition coefficient (Wildman–Crippen LogP) is 3.28. The van der Waals surface area contributed by atoms with Crippen molar-refractivity contribution in [1.82, 2.24) is 10.2 Å². The second kappa shape index (κ2) is 8.56. The van der Waals surface area contributed by atoms with E-state index in [4.69, 9.17) is 11.6 Å². The largest absolute Gasteiger partial charge is 0.385 e. The van der Waals surface area contributed by atoms with Gasteiger partial charge in [-0.3, -0.25) is 0 Å². The fourth-order valence-corrected chi connectivity index (χ4v) is 5.26. The Morgan fingerprint density at radius 3 is 2.59 bits per heavy atom. The highest BCUT2D eigenvalue weighted by Crippen LogP contribution is 2.49. The number of hydrogen-bond donors (Lipinski definition) is 2. The van der Waals surface area contributed by atoms with Crippen molar-refractivity contribution in [2.24, 2.45) is 22.7 Å². The Balaban J connectivity index is 1.16. The smallest absolute Gasteiger partial charge is 0.198 e. The summed E-state index contributed by atoms with van der Waals surface area (Å²) in [7, 11) is -3.13. The minimum Gasteiger partial charge on any atom is -0.385 e. The van der Waals surface area contributed by atoms with Gasteiger partial charge in [-0.15, -0.1) is 0 Å². The highest BCUT2D eigenvalue weighted by atomic mass is 35.5. The molecular formula is C21H29ClN4O2S. The third kappa shape index (κ3) is 5.25. The van der Waals surface area contributed by atoms with Crippen LogP contribution in [0.5, 0.6) is 0 Å². The van der Waals surface area contributed by atoms with Gasteiger partial charge in [-0.25, -0.2) is 13.4 Å². The number of benzene rings is 1. The summed E-state index contributed by atoms with van der Waals surface area (Å²) in [6, 6.07) is 7.03. The first kappa shape index (κ1) is 20.5. The van der Waals surface area contributed by atoms with Gasteiger partial charge in [-0.2, -0.15) is 0 Å². The summed E-state index contributed by atoms with van der Waals surface area (Å²) >= 11 is 5.96. The molecule has 1 aromatic carbocycles. The van der Waals surface area contributed by atoms with Crippen LogP contribution < -0.4 is 10.6 Å². The number of aliphatic imine (C=N–C) groups is 1. The zero-order valence-electron chi connectivity index (χ0n) is 16.8. The molecule has 2 N–H and O–H groups in total. The van der Waals surface area contributed by atoms with Gasteiger partial charge >= 0.3 is 0 Å². The average molecular weight is 437 g/mol. The van der Waals surface area contributed by atoms with E-state index in [-0.39, 0.29) is 0 Å². The molecule has 2 fully saturated rings. The van der Waals surface area contributed by atoms with Crippen molar-refractivity contribution in [3.8, 4) is 0 Å². The SMILES string of the molecule is CS(=O)(=O)c1ccc(NCC[C@@H]2C[C@@H]2C2CCN(C3=NCC(Cl)=CN3)CC2)cc1. The Bertz CT molecular complexity index is 890. The standard InChI is InChI=1S/C21H29ClN4O2S/c1-29(27,28)19-4-2-18(3-5-19)23-9-6-16-12-20(16)15-7-10-26(11-8-15)21-24-13-17(22)14-25-21/h2-5,13,15-16,20,23H,6-12,14H2,1H3,(H,24,25)/t16-,20-/m1/s1. The van der Waals surface area contributed by atoms with Crippen LogP contribution in [-0.4, -0.2) is 51.7 Å². The molecule has 2 aliphatic heterocycles. The van der Waals surface area contributed by atoms with E-state index in [1.165, 1.54) is 31.9 Å². The summed E-state index contributed by atoms with van der Waals surface area (Å²) in [5, 5.41) is 7.38. The lowest BCUT2D eigenvalue weighted by Crippen LogP contribution is -2.45. The fourth-order valence-electron chi connectivity index (χ4n) is 4.52. The topological polar surface area (TPSA) is 73.8 Å². The fraction of sp³-hybridized carbons (Fsp3) is 0.571. The molecule has 1 saturated carbocycles. The molecule has 1 aromatic rings. The quantitative estimate of drug-likeness (QED) is 0.715. The molecule has 0 radical (unpaired) electrons. The maximum Gasteiger partial charge on any atom is 0.198 e. The third-order valence-corrected chi connectivity index (χ3v) is 7.64. The monoisotopic (exact) mass is 436 g/mol. The first-order valence-electron chi connectivity index (χ1n) is 10.3. The Kier molecular flexibility index (Phi) is 6.06. The molecule has 0 aromatic heterocycles. The van der Waals surface area contributed by atoms with E-state index in [9.17, 15) is 8.42 Å². The molecule has 2 heterocycles. The molecule has 0 bridgehead atoms. The summed E-state index contributed by atoms with van der Waals surface area (Å²) in [4.78, 5) is 7.22. The second-order valence-corrected chi connectivity index (χ2v) is 10.9. The van der Waals surface area contributed by atoms with Crippen LogP contribution >= 0.6 is 11.6 Å². The molecule has 0 spiro atoms. The first-order chi connectivity index (χ1) is 13.9. The van der Waals surface area contributed by atoms with E-state index in [0.29, 0.717) is 11.4 Å². The van der Waals surface area contributed by atoms with Crippen LogP contribution in [0.15, 0.2) is 45.4 Å². The minimum atomic E-state index is -3.13. The number of halogens is 1. The van der Waals surface area contributed by atoms with Gasteiger partial charge in [0.2, 0.25) is 0 Å². The van der Waals surface area contributed by atoms with E-state index >= 15 is 0 Å². The summed E-state index contributed by atoms with van der Waals surface area (Å²) in [5.41, 5.74) is 0.984. The molecule has 1 saturated heterocycles. The molecule has 0 unspecified atom stereocenters. The summed E-state index contributed by atoms with van der Waals surface area (Å²) in [6.45, 7) is 3.65. The molecule has 8 heteroatoms. The lowest BCUT2D eigenvalue weighted by atomic mass is 9.90. The van der Waals surface area contributed by atoms with Crippen molar-refractivity contribution in [1.29, 1.82) is 0 Å². The van der Waals surface area contributed by atoms with Crippen molar-refractivity contribution >= 4 is 33.1 Å². The molecule has 1 aliphatic carbocycles. The van der Waals surface area contributed by atoms with Gasteiger partial charge in [0, 0.05) is 37.8 Å². The zero-order chi connectivity index (χ0) is 20.4. The van der Waals surface area contributed by atoms with Crippen molar-refractivity contribution in [3.05, 3.63) is 35.5 Å². The van der Waals surface area contributed by atoms with Crippen LogP contribution in [0.2, 0.25) is 0 Å². The molecule has 0 amide bonds. The minimum absolute atomic E-state index is 0.366. The number of guanidine groups is 1. The van der Waals surface area contributed by atoms with Gasteiger partial charge in [0.05, 0.1) is 16.5 Å². The number of rotatable bonds is 6. The summed E-state index contributed by atoms with van der Waals surface area (Å²) < 4.78 is 23.0. The molecule has 4 rings (SSSR count). The second-order valence-electron chi connectivity index (χ2n) is 8.37. The van der Waals surface area contributed by atoms with E-state index < -0.39 is 9.84 Å². The number of nitrogens with zero attached hydrogens (tertiary/aromatic N) is 2. The number of nitrogens with one attached hydrogen (secondary N) is 2. The predicted molar refractivity (Wildman–Crippen MR) is 118 cm³/mol. The van der Waals surface area contributed by atoms with Crippen LogP contribution in [0.3, 0.4) is 0 Å². The molecular weight excluding hydrogens is 408 g/mol. The third-order valence-electron chi connectivity index (χ3n) is 6.29. The molecule has 3 aliphatic rings. The molecule has 2 atom stereocenters. The normalized spacial score (nSPS) is 25.1. The first-order valence-corrected chi connectivity index (χ1v) is 12.6. The van der Waals surface area contributed by atoms with Crippen LogP contribution in [0.4, 0.5) is 5.69 Å². The van der Waals surface area contributed by atoms with E-state index in [0.717, 1.165) is 54.1 Å². The highest BCUT2D eigenvalue weighted by Gasteiger charge is 2.43. The van der Waals surface area contributed by atoms with Gasteiger partial charge in [0.25, 0.3) is 0 Å². The number of piperidine rings is 1. The Labute approximate surface area is 178 Å². The van der Waals surface area contributed by atoms with Crippen molar-refractivity contribution in [2.75, 3.05) is 37.8 Å². The van der Waals surface area contributed by atoms with E-state index in [1.807, 2.05) is 18.3 Å². The van der Waals surface area contributed by atoms with Crippen LogP contribution in [-0.2, 0) is 9.84 Å². The van der Waals surface area contributed by atoms with Gasteiger partial charge in [-0.05, 0) is 67.7 Å². The Hall–Kier alpha value is -1.73. The van der Waals surface area contributed by atoms with Gasteiger partial charge in [-0.1, -0.05) is 11.6 Å². The van der Waals surface area contributed by atoms with Gasteiger partial charge in [0.15, 0.2) is 15.8 Å². The summed E-state index contributed by atoms with van der Waals surface area (Å²) in [5.74, 6) is 3.48. The van der Waals surface area contributed by atoms with Gasteiger partial charge < -0.3 is 15.5 Å². The number of hydrogen-bond acceptors (Lipinski definition) is 6. The van der Waals surface area contributed by atoms with Crippen LogP contribution in [0.1, 0.15) is 25.7 Å². The zero-order valence-corrected chi connectivity index (χ0v) is 18.3. The number of likely N-dealkylation sites (tertiary alicyclic amines) is 1. The lowest BCUT2D eigenvalue weighted by molar-refractivity contribution is 0.234. The Morgan fingerprint density at radius 1 is 1.24 bits per heavy atom. The van der Waals surface area contributed by atoms with Crippen molar-refractivity contribution in [2.45, 2.75) is 30.6 Å². The maximum absolute atomic E-state index is 11.5.